The fraction of sp³-hybridized carbons (Fsp3) is 0.333. The fourth-order valence-corrected chi connectivity index (χ4v) is 1.91. The van der Waals surface area contributed by atoms with Gasteiger partial charge in [-0.05, 0) is 36.1 Å². The van der Waals surface area contributed by atoms with Crippen molar-refractivity contribution in [1.29, 1.82) is 0 Å². The van der Waals surface area contributed by atoms with Gasteiger partial charge in [0.15, 0.2) is 0 Å². The van der Waals surface area contributed by atoms with E-state index in [0.29, 0.717) is 18.2 Å². The third-order valence-corrected chi connectivity index (χ3v) is 3.39. The summed E-state index contributed by atoms with van der Waals surface area (Å²) in [5.74, 6) is 0.869. The van der Waals surface area contributed by atoms with Gasteiger partial charge in [-0.15, -0.1) is 0 Å². The van der Waals surface area contributed by atoms with Crippen LogP contribution in [0.3, 0.4) is 0 Å². The normalized spacial score (nSPS) is 12.1. The Morgan fingerprint density at radius 1 is 1.25 bits per heavy atom. The van der Waals surface area contributed by atoms with Crippen molar-refractivity contribution in [2.45, 2.75) is 32.7 Å². The molecule has 1 unspecified atom stereocenters. The van der Waals surface area contributed by atoms with Gasteiger partial charge in [-0.1, -0.05) is 26.0 Å². The number of furan rings is 1. The van der Waals surface area contributed by atoms with E-state index in [1.165, 1.54) is 11.6 Å². The Bertz CT molecular complexity index is 575. The maximum Gasteiger partial charge on any atom is 0.433 e. The highest BCUT2D eigenvalue weighted by Crippen LogP contribution is 2.21. The summed E-state index contributed by atoms with van der Waals surface area (Å²) in [6.45, 7) is 4.79. The highest BCUT2D eigenvalue weighted by Gasteiger charge is 2.11. The standard InChI is InChI=1S/C15H18N2O3/c1-3-11(2)12-4-6-13(7-5-12)16-10-14-8-9-15(20-14)17(18)19/h4-9,11,16H,3,10H2,1-2H3. The zero-order chi connectivity index (χ0) is 14.5. The van der Waals surface area contributed by atoms with E-state index in [4.69, 9.17) is 4.42 Å². The van der Waals surface area contributed by atoms with Crippen LogP contribution in [-0.2, 0) is 6.54 Å². The Kier molecular flexibility index (Phi) is 4.40. The van der Waals surface area contributed by atoms with Crippen molar-refractivity contribution in [3.63, 3.8) is 0 Å². The summed E-state index contributed by atoms with van der Waals surface area (Å²) in [4.78, 5) is 9.97. The van der Waals surface area contributed by atoms with Crippen LogP contribution in [0.25, 0.3) is 0 Å². The molecule has 0 aliphatic carbocycles. The summed E-state index contributed by atoms with van der Waals surface area (Å²) >= 11 is 0. The first-order chi connectivity index (χ1) is 9.60. The van der Waals surface area contributed by atoms with Gasteiger partial charge < -0.3 is 9.73 Å². The van der Waals surface area contributed by atoms with Crippen LogP contribution in [0.5, 0.6) is 0 Å². The first kappa shape index (κ1) is 14.1. The lowest BCUT2D eigenvalue weighted by molar-refractivity contribution is -0.402. The minimum atomic E-state index is -0.537. The molecule has 0 spiro atoms. The molecular formula is C15H18N2O3. The lowest BCUT2D eigenvalue weighted by Crippen LogP contribution is -1.99. The molecule has 1 aromatic carbocycles. The zero-order valence-electron chi connectivity index (χ0n) is 11.6. The molecule has 0 fully saturated rings. The molecule has 0 aliphatic heterocycles. The second-order valence-electron chi connectivity index (χ2n) is 4.78. The number of anilines is 1. The largest absolute Gasteiger partial charge is 0.433 e. The van der Waals surface area contributed by atoms with Crippen LogP contribution < -0.4 is 5.32 Å². The quantitative estimate of drug-likeness (QED) is 0.629. The van der Waals surface area contributed by atoms with Gasteiger partial charge in [-0.25, -0.2) is 0 Å². The molecule has 5 nitrogen and oxygen atoms in total. The van der Waals surface area contributed by atoms with Gasteiger partial charge in [-0.3, -0.25) is 10.1 Å². The van der Waals surface area contributed by atoms with E-state index >= 15 is 0 Å². The summed E-state index contributed by atoms with van der Waals surface area (Å²) in [5.41, 5.74) is 2.28. The number of rotatable bonds is 6. The van der Waals surface area contributed by atoms with Gasteiger partial charge in [0.2, 0.25) is 0 Å². The molecule has 1 aromatic heterocycles. The first-order valence-electron chi connectivity index (χ1n) is 6.67. The van der Waals surface area contributed by atoms with E-state index in [1.54, 1.807) is 6.07 Å². The second kappa shape index (κ2) is 6.23. The highest BCUT2D eigenvalue weighted by molar-refractivity contribution is 5.45. The van der Waals surface area contributed by atoms with Crippen LogP contribution in [-0.4, -0.2) is 4.92 Å². The first-order valence-corrected chi connectivity index (χ1v) is 6.67. The summed E-state index contributed by atoms with van der Waals surface area (Å²) in [6.07, 6.45) is 1.11. The molecular weight excluding hydrogens is 256 g/mol. The third kappa shape index (κ3) is 3.38. The van der Waals surface area contributed by atoms with Crippen molar-refractivity contribution in [2.24, 2.45) is 0 Å². The summed E-state index contributed by atoms with van der Waals surface area (Å²) < 4.78 is 5.08. The molecule has 5 heteroatoms. The molecule has 1 N–H and O–H groups in total. The van der Waals surface area contributed by atoms with Gasteiger partial charge in [0.1, 0.15) is 10.7 Å². The number of nitrogens with one attached hydrogen (secondary N) is 1. The Morgan fingerprint density at radius 2 is 1.95 bits per heavy atom. The van der Waals surface area contributed by atoms with Crippen molar-refractivity contribution in [2.75, 3.05) is 5.32 Å². The fourth-order valence-electron chi connectivity index (χ4n) is 1.91. The van der Waals surface area contributed by atoms with Crippen molar-refractivity contribution in [3.05, 3.63) is 57.8 Å². The minimum Gasteiger partial charge on any atom is -0.404 e. The molecule has 20 heavy (non-hydrogen) atoms. The van der Waals surface area contributed by atoms with Crippen LogP contribution in [0.1, 0.15) is 37.5 Å². The third-order valence-electron chi connectivity index (χ3n) is 3.39. The Labute approximate surface area is 117 Å². The predicted molar refractivity (Wildman–Crippen MR) is 77.8 cm³/mol. The lowest BCUT2D eigenvalue weighted by Gasteiger charge is -2.10. The molecule has 0 aliphatic rings. The monoisotopic (exact) mass is 274 g/mol. The highest BCUT2D eigenvalue weighted by atomic mass is 16.6. The molecule has 0 radical (unpaired) electrons. The van der Waals surface area contributed by atoms with E-state index in [0.717, 1.165) is 12.1 Å². The van der Waals surface area contributed by atoms with Gasteiger partial charge >= 0.3 is 5.88 Å². The van der Waals surface area contributed by atoms with Crippen LogP contribution in [0.15, 0.2) is 40.8 Å². The number of hydrogen-bond acceptors (Lipinski definition) is 4. The van der Waals surface area contributed by atoms with Crippen molar-refractivity contribution < 1.29 is 9.34 Å². The summed E-state index contributed by atoms with van der Waals surface area (Å²) in [7, 11) is 0. The lowest BCUT2D eigenvalue weighted by atomic mass is 9.99. The maximum absolute atomic E-state index is 10.5. The molecule has 0 saturated heterocycles. The molecule has 0 amide bonds. The Hall–Kier alpha value is -2.30. The molecule has 0 saturated carbocycles. The van der Waals surface area contributed by atoms with E-state index in [-0.39, 0.29) is 5.88 Å². The molecule has 106 valence electrons. The summed E-state index contributed by atoms with van der Waals surface area (Å²) in [6, 6.07) is 11.2. The van der Waals surface area contributed by atoms with Crippen LogP contribution >= 0.6 is 0 Å². The molecule has 2 rings (SSSR count). The van der Waals surface area contributed by atoms with Crippen molar-refractivity contribution >= 4 is 11.6 Å². The Morgan fingerprint density at radius 3 is 2.50 bits per heavy atom. The number of hydrogen-bond donors (Lipinski definition) is 1. The minimum absolute atomic E-state index is 0.228. The van der Waals surface area contributed by atoms with Crippen LogP contribution in [0.2, 0.25) is 0 Å². The molecule has 1 heterocycles. The van der Waals surface area contributed by atoms with Crippen molar-refractivity contribution in [1.82, 2.24) is 0 Å². The zero-order valence-corrected chi connectivity index (χ0v) is 11.6. The molecule has 0 bridgehead atoms. The van der Waals surface area contributed by atoms with Gasteiger partial charge in [0.05, 0.1) is 12.6 Å². The SMILES string of the molecule is CCC(C)c1ccc(NCc2ccc([N+](=O)[O-])o2)cc1. The van der Waals surface area contributed by atoms with Gasteiger partial charge in [-0.2, -0.15) is 0 Å². The average molecular weight is 274 g/mol. The molecule has 1 atom stereocenters. The number of nitrogens with zero attached hydrogens (tertiary/aromatic N) is 1. The van der Waals surface area contributed by atoms with Crippen LogP contribution in [0, 0.1) is 10.1 Å². The van der Waals surface area contributed by atoms with E-state index < -0.39 is 4.92 Å². The van der Waals surface area contributed by atoms with Crippen LogP contribution in [0.4, 0.5) is 11.6 Å². The van der Waals surface area contributed by atoms with Crippen molar-refractivity contribution in [3.8, 4) is 0 Å². The number of benzene rings is 1. The van der Waals surface area contributed by atoms with E-state index in [9.17, 15) is 10.1 Å². The summed E-state index contributed by atoms with van der Waals surface area (Å²) in [5, 5.41) is 13.7. The Balaban J connectivity index is 1.94. The van der Waals surface area contributed by atoms with E-state index in [1.807, 2.05) is 12.1 Å². The molecule has 2 aromatic rings. The second-order valence-corrected chi connectivity index (χ2v) is 4.78. The maximum atomic E-state index is 10.5. The van der Waals surface area contributed by atoms with Gasteiger partial charge in [0.25, 0.3) is 0 Å². The smallest absolute Gasteiger partial charge is 0.404 e. The topological polar surface area (TPSA) is 68.3 Å². The van der Waals surface area contributed by atoms with E-state index in [2.05, 4.69) is 31.3 Å². The predicted octanol–water partition coefficient (Wildman–Crippen LogP) is 4.31. The van der Waals surface area contributed by atoms with Gasteiger partial charge in [0, 0.05) is 5.69 Å². The average Bonchev–Trinajstić information content (AvgIpc) is 2.94. The number of nitro groups is 1.